The minimum absolute atomic E-state index is 0.0326. The fourth-order valence-corrected chi connectivity index (χ4v) is 3.83. The molecule has 0 spiro atoms. The first-order valence-electron chi connectivity index (χ1n) is 8.03. The van der Waals surface area contributed by atoms with Gasteiger partial charge >= 0.3 is 0 Å². The Labute approximate surface area is 146 Å². The van der Waals surface area contributed by atoms with Gasteiger partial charge in [0.1, 0.15) is 5.82 Å². The Balaban J connectivity index is 1.96. The molecule has 0 saturated carbocycles. The predicted molar refractivity (Wildman–Crippen MR) is 92.4 cm³/mol. The van der Waals surface area contributed by atoms with E-state index in [2.05, 4.69) is 17.6 Å². The van der Waals surface area contributed by atoms with Crippen molar-refractivity contribution in [3.05, 3.63) is 33.6 Å². The molecule has 0 aromatic heterocycles. The quantitative estimate of drug-likeness (QED) is 0.767. The molecule has 0 aliphatic carbocycles. The van der Waals surface area contributed by atoms with Crippen LogP contribution in [0.15, 0.2) is 12.1 Å². The van der Waals surface area contributed by atoms with Crippen LogP contribution in [0.3, 0.4) is 0 Å². The summed E-state index contributed by atoms with van der Waals surface area (Å²) in [6.07, 6.45) is 2.75. The van der Waals surface area contributed by atoms with Gasteiger partial charge in [0.05, 0.1) is 11.1 Å². The fourth-order valence-electron chi connectivity index (χ4n) is 3.14. The Hall–Kier alpha value is -0.840. The van der Waals surface area contributed by atoms with E-state index in [0.29, 0.717) is 28.8 Å². The van der Waals surface area contributed by atoms with Gasteiger partial charge in [-0.05, 0) is 56.8 Å². The standard InChI is InChI=1S/C17H23Cl2FN2O/c1-10(12-4-3-7-21-9-12)8-15(23)22-11(2)16-13(18)5-6-14(20)17(16)19/h5-6,10-12,21H,3-4,7-9H2,1-2H3,(H,22,23). The number of benzene rings is 1. The summed E-state index contributed by atoms with van der Waals surface area (Å²) in [4.78, 5) is 12.3. The molecular formula is C17H23Cl2FN2O. The van der Waals surface area contributed by atoms with Crippen molar-refractivity contribution < 1.29 is 9.18 Å². The van der Waals surface area contributed by atoms with Crippen LogP contribution in [-0.4, -0.2) is 19.0 Å². The third-order valence-corrected chi connectivity index (χ3v) is 5.25. The Bertz CT molecular complexity index is 562. The molecular weight excluding hydrogens is 338 g/mol. The highest BCUT2D eigenvalue weighted by Gasteiger charge is 2.24. The number of piperidine rings is 1. The molecule has 1 aromatic rings. The predicted octanol–water partition coefficient (Wildman–Crippen LogP) is 4.34. The summed E-state index contributed by atoms with van der Waals surface area (Å²) in [7, 11) is 0. The molecule has 1 aliphatic heterocycles. The van der Waals surface area contributed by atoms with Crippen LogP contribution in [0.4, 0.5) is 4.39 Å². The number of amides is 1. The van der Waals surface area contributed by atoms with E-state index in [1.54, 1.807) is 6.92 Å². The lowest BCUT2D eigenvalue weighted by Crippen LogP contribution is -2.36. The van der Waals surface area contributed by atoms with E-state index in [1.165, 1.54) is 12.1 Å². The van der Waals surface area contributed by atoms with E-state index in [9.17, 15) is 9.18 Å². The zero-order chi connectivity index (χ0) is 17.0. The van der Waals surface area contributed by atoms with Crippen molar-refractivity contribution >= 4 is 29.1 Å². The molecule has 6 heteroatoms. The molecule has 1 aromatic carbocycles. The molecule has 3 nitrogen and oxygen atoms in total. The van der Waals surface area contributed by atoms with Crippen molar-refractivity contribution in [2.24, 2.45) is 11.8 Å². The van der Waals surface area contributed by atoms with Gasteiger partial charge in [-0.25, -0.2) is 4.39 Å². The lowest BCUT2D eigenvalue weighted by Gasteiger charge is -2.28. The Morgan fingerprint density at radius 2 is 2.17 bits per heavy atom. The molecule has 128 valence electrons. The van der Waals surface area contributed by atoms with E-state index in [0.717, 1.165) is 25.9 Å². The molecule has 3 unspecified atom stereocenters. The summed E-state index contributed by atoms with van der Waals surface area (Å²) in [5.41, 5.74) is 0.425. The number of nitrogens with one attached hydrogen (secondary N) is 2. The van der Waals surface area contributed by atoms with Crippen LogP contribution < -0.4 is 10.6 Å². The van der Waals surface area contributed by atoms with Gasteiger partial charge in [0.2, 0.25) is 5.91 Å². The van der Waals surface area contributed by atoms with Gasteiger partial charge < -0.3 is 10.6 Å². The van der Waals surface area contributed by atoms with E-state index < -0.39 is 11.9 Å². The lowest BCUT2D eigenvalue weighted by atomic mass is 9.85. The number of hydrogen-bond acceptors (Lipinski definition) is 2. The second-order valence-electron chi connectivity index (χ2n) is 6.33. The van der Waals surface area contributed by atoms with E-state index in [1.807, 2.05) is 0 Å². The van der Waals surface area contributed by atoms with Crippen LogP contribution in [0.2, 0.25) is 10.0 Å². The van der Waals surface area contributed by atoms with Crippen LogP contribution in [0.5, 0.6) is 0 Å². The molecule has 2 N–H and O–H groups in total. The number of hydrogen-bond donors (Lipinski definition) is 2. The Morgan fingerprint density at radius 1 is 1.43 bits per heavy atom. The molecule has 23 heavy (non-hydrogen) atoms. The third-order valence-electron chi connectivity index (χ3n) is 4.54. The number of carbonyl (C=O) groups is 1. The summed E-state index contributed by atoms with van der Waals surface area (Å²) >= 11 is 12.1. The Morgan fingerprint density at radius 3 is 2.83 bits per heavy atom. The van der Waals surface area contributed by atoms with E-state index in [-0.39, 0.29) is 10.9 Å². The van der Waals surface area contributed by atoms with Crippen molar-refractivity contribution in [1.29, 1.82) is 0 Å². The molecule has 1 fully saturated rings. The second-order valence-corrected chi connectivity index (χ2v) is 7.12. The van der Waals surface area contributed by atoms with E-state index in [4.69, 9.17) is 23.2 Å². The van der Waals surface area contributed by atoms with Gasteiger partial charge in [0.25, 0.3) is 0 Å². The van der Waals surface area contributed by atoms with Gasteiger partial charge in [-0.2, -0.15) is 0 Å². The van der Waals surface area contributed by atoms with Crippen LogP contribution >= 0.6 is 23.2 Å². The molecule has 1 saturated heterocycles. The minimum Gasteiger partial charge on any atom is -0.349 e. The monoisotopic (exact) mass is 360 g/mol. The fraction of sp³-hybridized carbons (Fsp3) is 0.588. The molecule has 0 radical (unpaired) electrons. The normalized spacial score (nSPS) is 20.8. The van der Waals surface area contributed by atoms with Crippen LogP contribution in [0, 0.1) is 17.7 Å². The van der Waals surface area contributed by atoms with Crippen LogP contribution in [-0.2, 0) is 4.79 Å². The minimum atomic E-state index is -0.534. The Kier molecular flexibility index (Phi) is 6.69. The maximum Gasteiger partial charge on any atom is 0.220 e. The maximum atomic E-state index is 13.6. The van der Waals surface area contributed by atoms with Crippen molar-refractivity contribution in [3.63, 3.8) is 0 Å². The maximum absolute atomic E-state index is 13.6. The highest BCUT2D eigenvalue weighted by molar-refractivity contribution is 6.36. The van der Waals surface area contributed by atoms with Gasteiger partial charge in [0, 0.05) is 17.0 Å². The first kappa shape index (κ1) is 18.5. The molecule has 1 aliphatic rings. The van der Waals surface area contributed by atoms with Gasteiger partial charge in [-0.1, -0.05) is 30.1 Å². The van der Waals surface area contributed by atoms with Crippen molar-refractivity contribution in [2.45, 2.75) is 39.2 Å². The second kappa shape index (κ2) is 8.32. The summed E-state index contributed by atoms with van der Waals surface area (Å²) in [6.45, 7) is 5.88. The SMILES string of the molecule is CC(NC(=O)CC(C)C1CCCNC1)c1c(Cl)ccc(F)c1Cl. The molecule has 3 atom stereocenters. The van der Waals surface area contributed by atoms with Gasteiger partial charge in [0.15, 0.2) is 0 Å². The molecule has 2 rings (SSSR count). The highest BCUT2D eigenvalue weighted by Crippen LogP contribution is 2.32. The van der Waals surface area contributed by atoms with Gasteiger partial charge in [-0.3, -0.25) is 4.79 Å². The number of carbonyl (C=O) groups excluding carboxylic acids is 1. The highest BCUT2D eigenvalue weighted by atomic mass is 35.5. The first-order chi connectivity index (χ1) is 10.9. The van der Waals surface area contributed by atoms with Crippen LogP contribution in [0.1, 0.15) is 44.7 Å². The summed E-state index contributed by atoms with van der Waals surface area (Å²) in [6, 6.07) is 2.24. The molecule has 0 bridgehead atoms. The van der Waals surface area contributed by atoms with Crippen molar-refractivity contribution in [3.8, 4) is 0 Å². The zero-order valence-electron chi connectivity index (χ0n) is 13.5. The van der Waals surface area contributed by atoms with Crippen molar-refractivity contribution in [1.82, 2.24) is 10.6 Å². The molecule has 1 heterocycles. The topological polar surface area (TPSA) is 41.1 Å². The average molecular weight is 361 g/mol. The number of halogens is 3. The summed E-state index contributed by atoms with van der Waals surface area (Å²) in [5, 5.41) is 6.57. The van der Waals surface area contributed by atoms with Crippen LogP contribution in [0.25, 0.3) is 0 Å². The summed E-state index contributed by atoms with van der Waals surface area (Å²) < 4.78 is 13.6. The average Bonchev–Trinajstić information content (AvgIpc) is 2.52. The molecule has 1 amide bonds. The third kappa shape index (κ3) is 4.82. The zero-order valence-corrected chi connectivity index (χ0v) is 15.0. The van der Waals surface area contributed by atoms with Gasteiger partial charge in [-0.15, -0.1) is 0 Å². The van der Waals surface area contributed by atoms with Crippen molar-refractivity contribution in [2.75, 3.05) is 13.1 Å². The first-order valence-corrected chi connectivity index (χ1v) is 8.79. The largest absolute Gasteiger partial charge is 0.349 e. The lowest BCUT2D eigenvalue weighted by molar-refractivity contribution is -0.123. The summed E-state index contributed by atoms with van der Waals surface area (Å²) in [5.74, 6) is 0.223. The number of rotatable bonds is 5. The van der Waals surface area contributed by atoms with E-state index >= 15 is 0 Å². The smallest absolute Gasteiger partial charge is 0.220 e.